The van der Waals surface area contributed by atoms with E-state index in [-0.39, 0.29) is 17.8 Å². The van der Waals surface area contributed by atoms with Crippen molar-refractivity contribution < 1.29 is 18.7 Å². The summed E-state index contributed by atoms with van der Waals surface area (Å²) in [5.41, 5.74) is -0.301. The van der Waals surface area contributed by atoms with Crippen LogP contribution in [0.15, 0.2) is 0 Å². The molecule has 0 aromatic carbocycles. The fraction of sp³-hybridized carbons (Fsp3) is 0.958. The molecule has 164 valence electrons. The van der Waals surface area contributed by atoms with Gasteiger partial charge in [0.25, 0.3) is 0 Å². The molecule has 0 bridgehead atoms. The fourth-order valence-electron chi connectivity index (χ4n) is 5.98. The van der Waals surface area contributed by atoms with Gasteiger partial charge in [-0.25, -0.2) is 8.78 Å². The summed E-state index contributed by atoms with van der Waals surface area (Å²) in [5.74, 6) is 0.0934. The lowest BCUT2D eigenvalue weighted by molar-refractivity contribution is -0.144. The monoisotopic (exact) mass is 400 g/mol. The van der Waals surface area contributed by atoms with Gasteiger partial charge in [-0.05, 0) is 55.8 Å². The molecule has 2 aliphatic carbocycles. The minimum Gasteiger partial charge on any atom is -0.481 e. The lowest BCUT2D eigenvalue weighted by Crippen LogP contribution is -2.40. The van der Waals surface area contributed by atoms with E-state index in [1.807, 2.05) is 0 Å². The van der Waals surface area contributed by atoms with Crippen molar-refractivity contribution in [2.75, 3.05) is 0 Å². The lowest BCUT2D eigenvalue weighted by Gasteiger charge is -2.47. The highest BCUT2D eigenvalue weighted by Gasteiger charge is 2.45. The van der Waals surface area contributed by atoms with Crippen LogP contribution in [-0.2, 0) is 4.79 Å². The molecule has 2 saturated carbocycles. The van der Waals surface area contributed by atoms with E-state index in [1.54, 1.807) is 0 Å². The van der Waals surface area contributed by atoms with Gasteiger partial charge in [0, 0.05) is 6.42 Å². The molecule has 28 heavy (non-hydrogen) atoms. The third-order valence-corrected chi connectivity index (χ3v) is 7.82. The van der Waals surface area contributed by atoms with Gasteiger partial charge in [-0.2, -0.15) is 0 Å². The van der Waals surface area contributed by atoms with Crippen LogP contribution >= 0.6 is 0 Å². The fourth-order valence-corrected chi connectivity index (χ4v) is 5.98. The van der Waals surface area contributed by atoms with Crippen molar-refractivity contribution in [2.24, 2.45) is 23.2 Å². The van der Waals surface area contributed by atoms with E-state index in [0.29, 0.717) is 31.6 Å². The quantitative estimate of drug-likeness (QED) is 0.339. The maximum Gasteiger partial charge on any atom is 0.306 e. The number of carboxylic acids is 1. The lowest BCUT2D eigenvalue weighted by atomic mass is 9.57. The zero-order valence-corrected chi connectivity index (χ0v) is 17.9. The average Bonchev–Trinajstić information content (AvgIpc) is 2.67. The smallest absolute Gasteiger partial charge is 0.306 e. The van der Waals surface area contributed by atoms with E-state index in [1.165, 1.54) is 64.2 Å². The Morgan fingerprint density at radius 1 is 0.929 bits per heavy atom. The Bertz CT molecular complexity index is 436. The molecular formula is C24H42F2O2. The van der Waals surface area contributed by atoms with Crippen molar-refractivity contribution in [1.82, 2.24) is 0 Å². The van der Waals surface area contributed by atoms with E-state index in [2.05, 4.69) is 6.92 Å². The number of aliphatic carboxylic acids is 1. The minimum absolute atomic E-state index is 0.0214. The second kappa shape index (κ2) is 12.1. The number of rotatable bonds is 12. The maximum atomic E-state index is 13.4. The number of hydrogen-bond acceptors (Lipinski definition) is 1. The Labute approximate surface area is 170 Å². The van der Waals surface area contributed by atoms with E-state index in [0.717, 1.165) is 18.8 Å². The van der Waals surface area contributed by atoms with Crippen LogP contribution in [0.3, 0.4) is 0 Å². The van der Waals surface area contributed by atoms with Gasteiger partial charge in [0.2, 0.25) is 6.43 Å². The molecule has 2 rings (SSSR count). The highest BCUT2D eigenvalue weighted by atomic mass is 19.3. The van der Waals surface area contributed by atoms with Crippen molar-refractivity contribution in [3.05, 3.63) is 0 Å². The molecule has 0 radical (unpaired) electrons. The Morgan fingerprint density at radius 3 is 2.04 bits per heavy atom. The van der Waals surface area contributed by atoms with Gasteiger partial charge in [0.1, 0.15) is 0 Å². The third kappa shape index (κ3) is 7.30. The second-order valence-electron chi connectivity index (χ2n) is 9.70. The first-order valence-electron chi connectivity index (χ1n) is 12.0. The van der Waals surface area contributed by atoms with Crippen LogP contribution in [0.25, 0.3) is 0 Å². The largest absolute Gasteiger partial charge is 0.481 e. The third-order valence-electron chi connectivity index (χ3n) is 7.82. The van der Waals surface area contributed by atoms with Gasteiger partial charge in [-0.15, -0.1) is 0 Å². The molecule has 1 N–H and O–H groups in total. The summed E-state index contributed by atoms with van der Waals surface area (Å²) in [6, 6.07) is 0. The summed E-state index contributed by atoms with van der Waals surface area (Å²) in [5, 5.41) is 9.25. The van der Waals surface area contributed by atoms with Crippen LogP contribution in [0.2, 0.25) is 0 Å². The van der Waals surface area contributed by atoms with Crippen molar-refractivity contribution >= 4 is 5.97 Å². The van der Waals surface area contributed by atoms with Crippen LogP contribution in [-0.4, -0.2) is 17.5 Å². The Hall–Kier alpha value is -0.670. The number of unbranched alkanes of at least 4 members (excludes halogenated alkanes) is 6. The van der Waals surface area contributed by atoms with Crippen LogP contribution in [0.5, 0.6) is 0 Å². The predicted molar refractivity (Wildman–Crippen MR) is 111 cm³/mol. The molecule has 2 aliphatic rings. The van der Waals surface area contributed by atoms with Crippen molar-refractivity contribution in [1.29, 1.82) is 0 Å². The van der Waals surface area contributed by atoms with Crippen LogP contribution < -0.4 is 0 Å². The molecule has 0 heterocycles. The first-order chi connectivity index (χ1) is 13.5. The van der Waals surface area contributed by atoms with Crippen molar-refractivity contribution in [2.45, 2.75) is 123 Å². The zero-order valence-electron chi connectivity index (χ0n) is 17.9. The SMILES string of the molecule is CCCCCCCCCC1CCC([C@]2(CC(F)F)CC[C@@H](C(=O)O)CC2)CC1. The summed E-state index contributed by atoms with van der Waals surface area (Å²) in [6.45, 7) is 2.25. The molecular weight excluding hydrogens is 358 g/mol. The highest BCUT2D eigenvalue weighted by Crippen LogP contribution is 2.53. The number of carbonyl (C=O) groups is 1. The van der Waals surface area contributed by atoms with E-state index < -0.39 is 12.4 Å². The molecule has 0 unspecified atom stereocenters. The van der Waals surface area contributed by atoms with Gasteiger partial charge < -0.3 is 5.11 Å². The summed E-state index contributed by atoms with van der Waals surface area (Å²) < 4.78 is 26.7. The molecule has 2 fully saturated rings. The molecule has 0 aliphatic heterocycles. The molecule has 4 heteroatoms. The highest BCUT2D eigenvalue weighted by molar-refractivity contribution is 5.70. The summed E-state index contributed by atoms with van der Waals surface area (Å²) in [7, 11) is 0. The maximum absolute atomic E-state index is 13.4. The van der Waals surface area contributed by atoms with Gasteiger partial charge in [0.15, 0.2) is 0 Å². The van der Waals surface area contributed by atoms with E-state index in [4.69, 9.17) is 0 Å². The van der Waals surface area contributed by atoms with Crippen LogP contribution in [0.4, 0.5) is 8.78 Å². The van der Waals surface area contributed by atoms with Gasteiger partial charge >= 0.3 is 5.97 Å². The first-order valence-corrected chi connectivity index (χ1v) is 12.0. The van der Waals surface area contributed by atoms with Crippen LogP contribution in [0, 0.1) is 23.2 Å². The minimum atomic E-state index is -2.27. The molecule has 2 nitrogen and oxygen atoms in total. The Morgan fingerprint density at radius 2 is 1.50 bits per heavy atom. The normalized spacial score (nSPS) is 31.2. The predicted octanol–water partition coefficient (Wildman–Crippen LogP) is 7.85. The van der Waals surface area contributed by atoms with Gasteiger partial charge in [-0.3, -0.25) is 4.79 Å². The second-order valence-corrected chi connectivity index (χ2v) is 9.70. The van der Waals surface area contributed by atoms with Crippen molar-refractivity contribution in [3.8, 4) is 0 Å². The van der Waals surface area contributed by atoms with E-state index >= 15 is 0 Å². The molecule has 0 atom stereocenters. The molecule has 0 aromatic heterocycles. The average molecular weight is 401 g/mol. The molecule has 0 aromatic rings. The summed E-state index contributed by atoms with van der Waals surface area (Å²) >= 11 is 0. The first kappa shape index (κ1) is 23.6. The van der Waals surface area contributed by atoms with Gasteiger partial charge in [0.05, 0.1) is 5.92 Å². The Kier molecular flexibility index (Phi) is 10.2. The number of hydrogen-bond donors (Lipinski definition) is 1. The summed E-state index contributed by atoms with van der Waals surface area (Å²) in [4.78, 5) is 11.3. The standard InChI is InChI=1S/C24H42F2O2/c1-2-3-4-5-6-7-8-9-19-10-12-21(13-11-19)24(18-22(25)26)16-14-20(15-17-24)23(27)28/h19-22H,2-18H2,1H3,(H,27,28)/t19?,20-,21?,24-. The molecule has 0 spiro atoms. The zero-order chi connectivity index (χ0) is 20.4. The number of carboxylic acid groups (broad SMARTS) is 1. The molecule has 0 saturated heterocycles. The molecule has 0 amide bonds. The van der Waals surface area contributed by atoms with Gasteiger partial charge in [-0.1, -0.05) is 71.1 Å². The van der Waals surface area contributed by atoms with Crippen LogP contribution in [0.1, 0.15) is 116 Å². The van der Waals surface area contributed by atoms with E-state index in [9.17, 15) is 18.7 Å². The van der Waals surface area contributed by atoms with Crippen molar-refractivity contribution in [3.63, 3.8) is 0 Å². The summed E-state index contributed by atoms with van der Waals surface area (Å²) in [6.07, 6.45) is 15.5. The number of alkyl halides is 2. The Balaban J connectivity index is 1.73. The number of halogens is 2. The topological polar surface area (TPSA) is 37.3 Å².